The van der Waals surface area contributed by atoms with Crippen LogP contribution in [0.5, 0.6) is 5.75 Å². The van der Waals surface area contributed by atoms with Crippen molar-refractivity contribution in [3.05, 3.63) is 29.8 Å². The zero-order chi connectivity index (χ0) is 15.0. The van der Waals surface area contributed by atoms with Gasteiger partial charge in [0.1, 0.15) is 5.75 Å². The summed E-state index contributed by atoms with van der Waals surface area (Å²) in [5, 5.41) is 0. The highest BCUT2D eigenvalue weighted by atomic mass is 16.5. The van der Waals surface area contributed by atoms with Crippen LogP contribution in [0.15, 0.2) is 24.3 Å². The molecule has 0 saturated carbocycles. The highest BCUT2D eigenvalue weighted by molar-refractivity contribution is 5.77. The molecule has 0 heterocycles. The molecule has 0 saturated heterocycles. The molecule has 0 bridgehead atoms. The number of rotatable bonds is 8. The van der Waals surface area contributed by atoms with E-state index in [9.17, 15) is 4.79 Å². The lowest BCUT2D eigenvalue weighted by atomic mass is 9.77. The number of carbonyl (C=O) groups is 1. The van der Waals surface area contributed by atoms with Gasteiger partial charge in [0.05, 0.1) is 19.1 Å². The lowest BCUT2D eigenvalue weighted by Crippen LogP contribution is -2.42. The van der Waals surface area contributed by atoms with Crippen LogP contribution in [-0.2, 0) is 16.0 Å². The van der Waals surface area contributed by atoms with E-state index in [0.717, 1.165) is 17.7 Å². The zero-order valence-electron chi connectivity index (χ0n) is 12.6. The molecule has 0 aromatic heterocycles. The van der Waals surface area contributed by atoms with Gasteiger partial charge in [-0.15, -0.1) is 0 Å². The third kappa shape index (κ3) is 3.73. The second kappa shape index (κ2) is 7.90. The van der Waals surface area contributed by atoms with Gasteiger partial charge in [-0.05, 0) is 31.4 Å². The van der Waals surface area contributed by atoms with Gasteiger partial charge < -0.3 is 15.2 Å². The van der Waals surface area contributed by atoms with Crippen molar-refractivity contribution in [3.63, 3.8) is 0 Å². The summed E-state index contributed by atoms with van der Waals surface area (Å²) < 4.78 is 10.6. The van der Waals surface area contributed by atoms with Crippen molar-refractivity contribution in [2.75, 3.05) is 20.3 Å². The third-order valence-electron chi connectivity index (χ3n) is 3.55. The number of benzene rings is 1. The molecule has 112 valence electrons. The second-order valence-electron chi connectivity index (χ2n) is 4.94. The summed E-state index contributed by atoms with van der Waals surface area (Å²) in [4.78, 5) is 12.3. The highest BCUT2D eigenvalue weighted by Gasteiger charge is 2.38. The van der Waals surface area contributed by atoms with Crippen molar-refractivity contribution in [2.24, 2.45) is 11.1 Å². The minimum atomic E-state index is -0.667. The summed E-state index contributed by atoms with van der Waals surface area (Å²) in [7, 11) is 1.63. The van der Waals surface area contributed by atoms with Crippen LogP contribution in [0.25, 0.3) is 0 Å². The summed E-state index contributed by atoms with van der Waals surface area (Å²) in [5.74, 6) is 0.570. The van der Waals surface area contributed by atoms with E-state index in [1.54, 1.807) is 7.11 Å². The van der Waals surface area contributed by atoms with Gasteiger partial charge in [0.25, 0.3) is 0 Å². The number of hydrogen-bond acceptors (Lipinski definition) is 4. The van der Waals surface area contributed by atoms with E-state index < -0.39 is 5.41 Å². The van der Waals surface area contributed by atoms with Gasteiger partial charge >= 0.3 is 5.97 Å². The smallest absolute Gasteiger partial charge is 0.313 e. The molecule has 1 aromatic carbocycles. The van der Waals surface area contributed by atoms with Crippen LogP contribution in [0.3, 0.4) is 0 Å². The van der Waals surface area contributed by atoms with Crippen molar-refractivity contribution in [3.8, 4) is 5.75 Å². The number of nitrogens with two attached hydrogens (primary N) is 1. The largest absolute Gasteiger partial charge is 0.496 e. The number of carbonyl (C=O) groups excluding carboxylic acids is 1. The van der Waals surface area contributed by atoms with E-state index in [0.29, 0.717) is 19.4 Å². The van der Waals surface area contributed by atoms with Crippen molar-refractivity contribution in [2.45, 2.75) is 33.1 Å². The second-order valence-corrected chi connectivity index (χ2v) is 4.94. The number of hydrogen-bond donors (Lipinski definition) is 1. The van der Waals surface area contributed by atoms with E-state index in [4.69, 9.17) is 15.2 Å². The Bertz CT molecular complexity index is 433. The van der Waals surface area contributed by atoms with Crippen molar-refractivity contribution in [1.82, 2.24) is 0 Å². The molecule has 0 aliphatic rings. The van der Waals surface area contributed by atoms with Crippen LogP contribution in [-0.4, -0.2) is 26.2 Å². The third-order valence-corrected chi connectivity index (χ3v) is 3.55. The molecule has 4 heteroatoms. The monoisotopic (exact) mass is 279 g/mol. The number of esters is 1. The maximum absolute atomic E-state index is 12.3. The Kier molecular flexibility index (Phi) is 6.52. The fourth-order valence-electron chi connectivity index (χ4n) is 2.50. The first-order valence-corrected chi connectivity index (χ1v) is 7.12. The first kappa shape index (κ1) is 16.5. The van der Waals surface area contributed by atoms with Crippen LogP contribution in [0, 0.1) is 5.41 Å². The molecule has 20 heavy (non-hydrogen) atoms. The molecule has 1 atom stereocenters. The van der Waals surface area contributed by atoms with Crippen LogP contribution in [0.4, 0.5) is 0 Å². The molecule has 0 fully saturated rings. The van der Waals surface area contributed by atoms with E-state index in [-0.39, 0.29) is 12.5 Å². The Hall–Kier alpha value is -1.55. The average Bonchev–Trinajstić information content (AvgIpc) is 2.47. The lowest BCUT2D eigenvalue weighted by Gasteiger charge is -2.30. The van der Waals surface area contributed by atoms with Gasteiger partial charge in [0.15, 0.2) is 0 Å². The Morgan fingerprint density at radius 1 is 1.30 bits per heavy atom. The molecule has 0 amide bonds. The summed E-state index contributed by atoms with van der Waals surface area (Å²) in [6, 6.07) is 7.72. The minimum absolute atomic E-state index is 0.213. The normalized spacial score (nSPS) is 13.6. The lowest BCUT2D eigenvalue weighted by molar-refractivity contribution is -0.155. The molecule has 0 aliphatic heterocycles. The molecular formula is C16H25NO3. The maximum Gasteiger partial charge on any atom is 0.313 e. The Balaban J connectivity index is 3.08. The van der Waals surface area contributed by atoms with Gasteiger partial charge in [0, 0.05) is 6.54 Å². The fraction of sp³-hybridized carbons (Fsp3) is 0.562. The molecule has 1 rings (SSSR count). The van der Waals surface area contributed by atoms with Crippen LogP contribution >= 0.6 is 0 Å². The van der Waals surface area contributed by atoms with Crippen molar-refractivity contribution >= 4 is 5.97 Å². The Morgan fingerprint density at radius 2 is 2.00 bits per heavy atom. The Morgan fingerprint density at radius 3 is 2.55 bits per heavy atom. The van der Waals surface area contributed by atoms with E-state index in [2.05, 4.69) is 0 Å². The van der Waals surface area contributed by atoms with Crippen LogP contribution < -0.4 is 10.5 Å². The van der Waals surface area contributed by atoms with Crippen molar-refractivity contribution < 1.29 is 14.3 Å². The van der Waals surface area contributed by atoms with Gasteiger partial charge in [-0.3, -0.25) is 4.79 Å². The topological polar surface area (TPSA) is 61.5 Å². The predicted octanol–water partition coefficient (Wildman–Crippen LogP) is 2.55. The van der Waals surface area contributed by atoms with E-state index in [1.165, 1.54) is 0 Å². The average molecular weight is 279 g/mol. The van der Waals surface area contributed by atoms with Crippen molar-refractivity contribution in [1.29, 1.82) is 0 Å². The molecular weight excluding hydrogens is 254 g/mol. The van der Waals surface area contributed by atoms with Gasteiger partial charge in [-0.2, -0.15) is 0 Å². The molecule has 0 aliphatic carbocycles. The summed E-state index contributed by atoms with van der Waals surface area (Å²) in [5.41, 5.74) is 6.24. The number of para-hydroxylation sites is 1. The number of methoxy groups -OCH3 is 1. The molecule has 0 spiro atoms. The van der Waals surface area contributed by atoms with Crippen LogP contribution in [0.2, 0.25) is 0 Å². The summed E-state index contributed by atoms with van der Waals surface area (Å²) in [6.45, 7) is 4.51. The zero-order valence-corrected chi connectivity index (χ0v) is 12.6. The maximum atomic E-state index is 12.3. The minimum Gasteiger partial charge on any atom is -0.496 e. The first-order valence-electron chi connectivity index (χ1n) is 7.12. The summed E-state index contributed by atoms with van der Waals surface area (Å²) >= 11 is 0. The van der Waals surface area contributed by atoms with E-state index in [1.807, 2.05) is 38.1 Å². The fourth-order valence-corrected chi connectivity index (χ4v) is 2.50. The van der Waals surface area contributed by atoms with Gasteiger partial charge in [-0.25, -0.2) is 0 Å². The van der Waals surface area contributed by atoms with E-state index >= 15 is 0 Å². The van der Waals surface area contributed by atoms with Crippen LogP contribution in [0.1, 0.15) is 32.3 Å². The molecule has 1 unspecified atom stereocenters. The SMILES string of the molecule is CCCC(CN)(Cc1ccccc1OC)C(=O)OCC. The molecule has 4 nitrogen and oxygen atoms in total. The summed E-state index contributed by atoms with van der Waals surface area (Å²) in [6.07, 6.45) is 2.13. The Labute approximate surface area is 121 Å². The highest BCUT2D eigenvalue weighted by Crippen LogP contribution is 2.33. The van der Waals surface area contributed by atoms with Gasteiger partial charge in [0.2, 0.25) is 0 Å². The molecule has 0 radical (unpaired) electrons. The quantitative estimate of drug-likeness (QED) is 0.743. The predicted molar refractivity (Wildman–Crippen MR) is 79.7 cm³/mol. The van der Waals surface area contributed by atoms with Gasteiger partial charge in [-0.1, -0.05) is 31.5 Å². The molecule has 2 N–H and O–H groups in total. The first-order chi connectivity index (χ1) is 9.63. The standard InChI is InChI=1S/C16H25NO3/c1-4-10-16(12-17,15(18)20-5-2)11-13-8-6-7-9-14(13)19-3/h6-9H,4-5,10-12,17H2,1-3H3. The number of ether oxygens (including phenoxy) is 2. The molecule has 1 aromatic rings.